The largest absolute Gasteiger partial charge is 0.364 e. The smallest absolute Gasteiger partial charge is 0.333 e. The molecular weight excluding hydrogens is 256 g/mol. The molecule has 1 aromatic heterocycles. The molecule has 1 unspecified atom stereocenters. The van der Waals surface area contributed by atoms with Crippen LogP contribution in [0, 0.1) is 21.4 Å². The number of hydrogen-bond donors (Lipinski definition) is 1. The van der Waals surface area contributed by atoms with E-state index in [2.05, 4.69) is 38.1 Å². The summed E-state index contributed by atoms with van der Waals surface area (Å²) in [5.41, 5.74) is 0.841. The summed E-state index contributed by atoms with van der Waals surface area (Å²) in [5.74, 6) is 0.904. The maximum Gasteiger partial charge on any atom is 0.333 e. The lowest BCUT2D eigenvalue weighted by molar-refractivity contribution is -0.384. The van der Waals surface area contributed by atoms with Crippen molar-refractivity contribution in [3.63, 3.8) is 0 Å². The molecule has 0 aliphatic heterocycles. The molecule has 0 saturated carbocycles. The molecule has 0 amide bonds. The van der Waals surface area contributed by atoms with E-state index in [1.54, 1.807) is 11.7 Å². The normalized spacial score (nSPS) is 13.3. The van der Waals surface area contributed by atoms with Crippen LogP contribution in [0.4, 0.5) is 11.5 Å². The van der Waals surface area contributed by atoms with Crippen molar-refractivity contribution in [2.24, 2.45) is 18.4 Å². The number of aryl methyl sites for hydroxylation is 2. The Hall–Kier alpha value is -1.59. The highest BCUT2D eigenvalue weighted by Gasteiger charge is 2.27. The molecule has 6 nitrogen and oxygen atoms in total. The molecule has 1 atom stereocenters. The summed E-state index contributed by atoms with van der Waals surface area (Å²) in [5, 5.41) is 18.8. The molecule has 0 radical (unpaired) electrons. The first-order valence-electron chi connectivity index (χ1n) is 7.12. The highest BCUT2D eigenvalue weighted by Crippen LogP contribution is 2.31. The van der Waals surface area contributed by atoms with Gasteiger partial charge in [0.2, 0.25) is 5.82 Å². The van der Waals surface area contributed by atoms with Gasteiger partial charge in [-0.1, -0.05) is 41.0 Å². The van der Waals surface area contributed by atoms with Gasteiger partial charge >= 0.3 is 5.69 Å². The van der Waals surface area contributed by atoms with Gasteiger partial charge in [-0.15, -0.1) is 0 Å². The van der Waals surface area contributed by atoms with E-state index in [9.17, 15) is 10.1 Å². The molecule has 20 heavy (non-hydrogen) atoms. The molecule has 0 aromatic carbocycles. The summed E-state index contributed by atoms with van der Waals surface area (Å²) in [6, 6.07) is 0. The zero-order valence-electron chi connectivity index (χ0n) is 13.4. The van der Waals surface area contributed by atoms with Crippen LogP contribution in [0.3, 0.4) is 0 Å². The van der Waals surface area contributed by atoms with Gasteiger partial charge in [-0.3, -0.25) is 10.1 Å². The number of anilines is 1. The van der Waals surface area contributed by atoms with Crippen LogP contribution in [0.15, 0.2) is 0 Å². The summed E-state index contributed by atoms with van der Waals surface area (Å²) in [7, 11) is 1.75. The summed E-state index contributed by atoms with van der Waals surface area (Å²) in [4.78, 5) is 11.0. The Morgan fingerprint density at radius 3 is 2.50 bits per heavy atom. The standard InChI is InChI=1S/C14H26N4O2/c1-7-8-11-12(18(19)20)13(17(6)16-11)15-9-10(2)14(3,4)5/h10,15H,7-9H2,1-6H3. The van der Waals surface area contributed by atoms with Crippen LogP contribution in [0.5, 0.6) is 0 Å². The van der Waals surface area contributed by atoms with Gasteiger partial charge in [0.25, 0.3) is 0 Å². The zero-order valence-corrected chi connectivity index (χ0v) is 13.4. The maximum absolute atomic E-state index is 11.3. The lowest BCUT2D eigenvalue weighted by atomic mass is 9.82. The molecule has 1 aromatic rings. The number of hydrogen-bond acceptors (Lipinski definition) is 4. The molecule has 114 valence electrons. The van der Waals surface area contributed by atoms with Crippen molar-refractivity contribution in [2.75, 3.05) is 11.9 Å². The van der Waals surface area contributed by atoms with E-state index in [1.807, 2.05) is 6.92 Å². The summed E-state index contributed by atoms with van der Waals surface area (Å²) < 4.78 is 1.58. The van der Waals surface area contributed by atoms with E-state index >= 15 is 0 Å². The molecule has 0 fully saturated rings. The zero-order chi connectivity index (χ0) is 15.5. The van der Waals surface area contributed by atoms with Gasteiger partial charge in [0, 0.05) is 13.6 Å². The van der Waals surface area contributed by atoms with Crippen LogP contribution in [0.25, 0.3) is 0 Å². The van der Waals surface area contributed by atoms with Crippen molar-refractivity contribution >= 4 is 11.5 Å². The van der Waals surface area contributed by atoms with Crippen molar-refractivity contribution in [3.8, 4) is 0 Å². The van der Waals surface area contributed by atoms with Crippen molar-refractivity contribution in [3.05, 3.63) is 15.8 Å². The molecule has 0 spiro atoms. The number of nitro groups is 1. The first kappa shape index (κ1) is 16.5. The maximum atomic E-state index is 11.3. The number of rotatable bonds is 6. The van der Waals surface area contributed by atoms with Crippen molar-refractivity contribution in [1.29, 1.82) is 0 Å². The molecule has 1 heterocycles. The van der Waals surface area contributed by atoms with Gasteiger partial charge in [0.15, 0.2) is 0 Å². The minimum absolute atomic E-state index is 0.121. The Morgan fingerprint density at radius 1 is 1.45 bits per heavy atom. The Kier molecular flexibility index (Phi) is 5.14. The van der Waals surface area contributed by atoms with E-state index in [4.69, 9.17) is 0 Å². The fourth-order valence-corrected chi connectivity index (χ4v) is 1.92. The minimum Gasteiger partial charge on any atom is -0.364 e. The average molecular weight is 282 g/mol. The fourth-order valence-electron chi connectivity index (χ4n) is 1.92. The molecule has 0 bridgehead atoms. The number of nitrogens with one attached hydrogen (secondary N) is 1. The van der Waals surface area contributed by atoms with Gasteiger partial charge < -0.3 is 5.32 Å². The highest BCUT2D eigenvalue weighted by molar-refractivity contribution is 5.59. The molecular formula is C14H26N4O2. The van der Waals surface area contributed by atoms with Crippen molar-refractivity contribution in [2.45, 2.75) is 47.5 Å². The topological polar surface area (TPSA) is 73.0 Å². The predicted molar refractivity (Wildman–Crippen MR) is 81.0 cm³/mol. The summed E-state index contributed by atoms with van der Waals surface area (Å²) in [6.45, 7) is 11.3. The monoisotopic (exact) mass is 282 g/mol. The molecule has 6 heteroatoms. The molecule has 0 aliphatic rings. The van der Waals surface area contributed by atoms with E-state index in [-0.39, 0.29) is 16.0 Å². The first-order valence-corrected chi connectivity index (χ1v) is 7.12. The van der Waals surface area contributed by atoms with Crippen LogP contribution >= 0.6 is 0 Å². The van der Waals surface area contributed by atoms with Crippen LogP contribution in [-0.2, 0) is 13.5 Å². The molecule has 0 saturated heterocycles. The average Bonchev–Trinajstić information content (AvgIpc) is 2.61. The van der Waals surface area contributed by atoms with Gasteiger partial charge in [0.1, 0.15) is 5.69 Å². The van der Waals surface area contributed by atoms with Gasteiger partial charge in [-0.25, -0.2) is 4.68 Å². The second-order valence-corrected chi connectivity index (χ2v) is 6.42. The summed E-state index contributed by atoms with van der Waals surface area (Å²) in [6.07, 6.45) is 1.47. The minimum atomic E-state index is -0.331. The van der Waals surface area contributed by atoms with Gasteiger partial charge in [-0.2, -0.15) is 5.10 Å². The Morgan fingerprint density at radius 2 is 2.05 bits per heavy atom. The third-order valence-electron chi connectivity index (χ3n) is 3.82. The Labute approximate surface area is 120 Å². The second kappa shape index (κ2) is 6.24. The van der Waals surface area contributed by atoms with E-state index in [0.29, 0.717) is 30.4 Å². The lowest BCUT2D eigenvalue weighted by Crippen LogP contribution is -2.25. The highest BCUT2D eigenvalue weighted by atomic mass is 16.6. The number of nitrogens with zero attached hydrogens (tertiary/aromatic N) is 3. The fraction of sp³-hybridized carbons (Fsp3) is 0.786. The van der Waals surface area contributed by atoms with Crippen LogP contribution in [0.1, 0.15) is 46.7 Å². The van der Waals surface area contributed by atoms with Crippen LogP contribution < -0.4 is 5.32 Å². The van der Waals surface area contributed by atoms with Crippen LogP contribution in [-0.4, -0.2) is 21.2 Å². The lowest BCUT2D eigenvalue weighted by Gasteiger charge is -2.27. The van der Waals surface area contributed by atoms with Crippen molar-refractivity contribution < 1.29 is 4.92 Å². The van der Waals surface area contributed by atoms with E-state index in [1.165, 1.54) is 0 Å². The van der Waals surface area contributed by atoms with E-state index < -0.39 is 0 Å². The summed E-state index contributed by atoms with van der Waals surface area (Å²) >= 11 is 0. The molecule has 1 rings (SSSR count). The van der Waals surface area contributed by atoms with Gasteiger partial charge in [-0.05, 0) is 17.8 Å². The second-order valence-electron chi connectivity index (χ2n) is 6.42. The third kappa shape index (κ3) is 3.71. The predicted octanol–water partition coefficient (Wildman–Crippen LogP) is 3.37. The van der Waals surface area contributed by atoms with Crippen LogP contribution in [0.2, 0.25) is 0 Å². The quantitative estimate of drug-likeness (QED) is 0.641. The first-order chi connectivity index (χ1) is 9.18. The molecule has 1 N–H and O–H groups in total. The third-order valence-corrected chi connectivity index (χ3v) is 3.82. The van der Waals surface area contributed by atoms with Crippen molar-refractivity contribution in [1.82, 2.24) is 9.78 Å². The Balaban J connectivity index is 2.97. The molecule has 0 aliphatic carbocycles. The van der Waals surface area contributed by atoms with E-state index in [0.717, 1.165) is 6.42 Å². The van der Waals surface area contributed by atoms with Gasteiger partial charge in [0.05, 0.1) is 4.92 Å². The Bertz CT molecular complexity index is 474. The number of aromatic nitrogens is 2. The SMILES string of the molecule is CCCc1nn(C)c(NCC(C)C(C)(C)C)c1[N+](=O)[O-].